The van der Waals surface area contributed by atoms with E-state index >= 15 is 4.39 Å². The number of aryl methyl sites for hydroxylation is 1. The van der Waals surface area contributed by atoms with Crippen molar-refractivity contribution in [2.24, 2.45) is 0 Å². The van der Waals surface area contributed by atoms with Gasteiger partial charge in [-0.2, -0.15) is 0 Å². The lowest BCUT2D eigenvalue weighted by molar-refractivity contribution is 0.0402. The molecule has 3 aromatic heterocycles. The molecule has 0 fully saturated rings. The number of methoxy groups -OCH3 is 1. The third-order valence-electron chi connectivity index (χ3n) is 6.24. The molecule has 2 aromatic carbocycles. The summed E-state index contributed by atoms with van der Waals surface area (Å²) in [7, 11) is 1.53. The lowest BCUT2D eigenvalue weighted by Crippen LogP contribution is -2.32. The van der Waals surface area contributed by atoms with Gasteiger partial charge in [0.15, 0.2) is 11.6 Å². The Hall–Kier alpha value is -4.62. The number of fused-ring (bicyclic) bond motifs is 2. The second kappa shape index (κ2) is 12.5. The van der Waals surface area contributed by atoms with Gasteiger partial charge in [0.2, 0.25) is 11.8 Å². The summed E-state index contributed by atoms with van der Waals surface area (Å²) in [6.07, 6.45) is 0.834. The van der Waals surface area contributed by atoms with Crippen molar-refractivity contribution < 1.29 is 33.2 Å². The highest BCUT2D eigenvalue weighted by atomic mass is 32.1. The maximum atomic E-state index is 15.1. The first-order valence-electron chi connectivity index (χ1n) is 13.0. The van der Waals surface area contributed by atoms with Crippen LogP contribution in [-0.2, 0) is 4.74 Å². The van der Waals surface area contributed by atoms with E-state index in [0.29, 0.717) is 39.0 Å². The Morgan fingerprint density at radius 1 is 1.05 bits per heavy atom. The number of aliphatic hydroxyl groups excluding tert-OH is 1. The molecule has 2 N–H and O–H groups in total. The van der Waals surface area contributed by atoms with Crippen LogP contribution in [0.25, 0.3) is 31.8 Å². The molecule has 0 aliphatic rings. The van der Waals surface area contributed by atoms with Gasteiger partial charge in [0.05, 0.1) is 53.0 Å². The Kier molecular flexibility index (Phi) is 8.59. The second-order valence-electron chi connectivity index (χ2n) is 9.38. The van der Waals surface area contributed by atoms with Gasteiger partial charge in [-0.1, -0.05) is 0 Å². The zero-order valence-corrected chi connectivity index (χ0v) is 24.1. The van der Waals surface area contributed by atoms with E-state index in [4.69, 9.17) is 24.1 Å². The highest BCUT2D eigenvalue weighted by molar-refractivity contribution is 7.21. The number of rotatable bonds is 10. The summed E-state index contributed by atoms with van der Waals surface area (Å²) in [5.74, 6) is 0.151. The van der Waals surface area contributed by atoms with Gasteiger partial charge < -0.3 is 24.1 Å². The Balaban J connectivity index is 1.28. The number of pyridine rings is 1. The van der Waals surface area contributed by atoms with E-state index in [-0.39, 0.29) is 19.0 Å². The van der Waals surface area contributed by atoms with Gasteiger partial charge in [0.1, 0.15) is 23.8 Å². The lowest BCUT2D eigenvalue weighted by Gasteiger charge is -2.22. The molecule has 0 spiro atoms. The summed E-state index contributed by atoms with van der Waals surface area (Å²) in [4.78, 5) is 30.1. The van der Waals surface area contributed by atoms with Gasteiger partial charge in [0.25, 0.3) is 0 Å². The van der Waals surface area contributed by atoms with E-state index < -0.39 is 24.1 Å². The number of nitrogens with zero attached hydrogens (tertiary/aromatic N) is 4. The molecule has 0 aliphatic carbocycles. The molecule has 1 amide bonds. The lowest BCUT2D eigenvalue weighted by atomic mass is 10.1. The summed E-state index contributed by atoms with van der Waals surface area (Å²) in [6, 6.07) is 9.94. The highest BCUT2D eigenvalue weighted by Gasteiger charge is 2.22. The molecular formula is C29H28FN5O6S. The van der Waals surface area contributed by atoms with Crippen LogP contribution in [0.3, 0.4) is 0 Å². The van der Waals surface area contributed by atoms with E-state index in [0.717, 1.165) is 15.8 Å². The first-order chi connectivity index (χ1) is 20.2. The summed E-state index contributed by atoms with van der Waals surface area (Å²) >= 11 is 1.38. The molecule has 0 bridgehead atoms. The SMILES string of the molecule is COc1cnc2c(-c3nc4cc(F)c(O[C@@H](C)[C@@H](C)OC(=O)Nc5ccc(OCCO)nc5)cc4s3)cc(C)cc2n1. The standard InChI is InChI=1S/C29H28FN5O6S/c1-15-9-19(27-22(10-15)34-26(38-4)14-32-27)28-35-21-11-20(30)23(12-24(21)42-28)40-16(2)17(3)41-29(37)33-18-5-6-25(31-13-18)39-8-7-36/h5-6,9-14,16-17,36H,7-8H2,1-4H3,(H,33,37)/t16-,17+/m0/s1. The average Bonchev–Trinajstić information content (AvgIpc) is 3.38. The van der Waals surface area contributed by atoms with Gasteiger partial charge in [-0.25, -0.2) is 29.1 Å². The number of hydrogen-bond donors (Lipinski definition) is 2. The molecule has 0 saturated heterocycles. The van der Waals surface area contributed by atoms with Crippen LogP contribution in [0.15, 0.2) is 48.8 Å². The molecule has 5 rings (SSSR count). The minimum Gasteiger partial charge on any atom is -0.484 e. The molecule has 3 heterocycles. The van der Waals surface area contributed by atoms with Gasteiger partial charge in [-0.15, -0.1) is 11.3 Å². The van der Waals surface area contributed by atoms with Crippen LogP contribution in [0, 0.1) is 12.7 Å². The maximum Gasteiger partial charge on any atom is 0.412 e. The fraction of sp³-hybridized carbons (Fsp3) is 0.276. The first kappa shape index (κ1) is 28.9. The number of amides is 1. The molecule has 13 heteroatoms. The zero-order valence-electron chi connectivity index (χ0n) is 23.3. The molecule has 42 heavy (non-hydrogen) atoms. The number of ether oxygens (including phenoxy) is 4. The van der Waals surface area contributed by atoms with Crippen LogP contribution in [0.1, 0.15) is 19.4 Å². The number of carbonyl (C=O) groups is 1. The van der Waals surface area contributed by atoms with Crippen LogP contribution >= 0.6 is 11.3 Å². The molecule has 2 atom stereocenters. The van der Waals surface area contributed by atoms with Crippen LogP contribution in [0.4, 0.5) is 14.9 Å². The predicted molar refractivity (Wildman–Crippen MR) is 156 cm³/mol. The number of hydrogen-bond acceptors (Lipinski definition) is 11. The third-order valence-corrected chi connectivity index (χ3v) is 7.29. The van der Waals surface area contributed by atoms with E-state index in [9.17, 15) is 4.79 Å². The molecular weight excluding hydrogens is 565 g/mol. The number of thiazole rings is 1. The molecule has 0 saturated carbocycles. The summed E-state index contributed by atoms with van der Waals surface area (Å²) in [5.41, 5.74) is 3.97. The van der Waals surface area contributed by atoms with Crippen LogP contribution in [-0.4, -0.2) is 63.7 Å². The molecule has 0 radical (unpaired) electrons. The molecule has 5 aromatic rings. The Labute approximate surface area is 244 Å². The fourth-order valence-electron chi connectivity index (χ4n) is 4.04. The van der Waals surface area contributed by atoms with Gasteiger partial charge in [-0.05, 0) is 44.5 Å². The number of benzene rings is 2. The summed E-state index contributed by atoms with van der Waals surface area (Å²) in [5, 5.41) is 12.1. The second-order valence-corrected chi connectivity index (χ2v) is 10.4. The van der Waals surface area contributed by atoms with Crippen molar-refractivity contribution in [1.29, 1.82) is 0 Å². The topological polar surface area (TPSA) is 138 Å². The number of nitrogens with one attached hydrogen (secondary N) is 1. The normalized spacial score (nSPS) is 12.6. The Bertz CT molecular complexity index is 1730. The molecule has 218 valence electrons. The predicted octanol–water partition coefficient (Wildman–Crippen LogP) is 5.53. The van der Waals surface area contributed by atoms with Crippen molar-refractivity contribution in [3.63, 3.8) is 0 Å². The van der Waals surface area contributed by atoms with Crippen LogP contribution in [0.2, 0.25) is 0 Å². The van der Waals surface area contributed by atoms with Crippen LogP contribution in [0.5, 0.6) is 17.5 Å². The molecule has 0 aliphatic heterocycles. The minimum absolute atomic E-state index is 0.0161. The van der Waals surface area contributed by atoms with Crippen molar-refractivity contribution in [2.45, 2.75) is 33.0 Å². The van der Waals surface area contributed by atoms with E-state index in [1.807, 2.05) is 19.1 Å². The van der Waals surface area contributed by atoms with Crippen molar-refractivity contribution in [2.75, 3.05) is 25.6 Å². The summed E-state index contributed by atoms with van der Waals surface area (Å²) < 4.78 is 37.5. The molecule has 11 nitrogen and oxygen atoms in total. The Morgan fingerprint density at radius 3 is 2.62 bits per heavy atom. The van der Waals surface area contributed by atoms with Crippen molar-refractivity contribution in [1.82, 2.24) is 19.9 Å². The number of halogens is 1. The van der Waals surface area contributed by atoms with E-state index in [1.165, 1.54) is 30.7 Å². The number of aromatic nitrogens is 4. The van der Waals surface area contributed by atoms with Gasteiger partial charge in [0, 0.05) is 23.8 Å². The van der Waals surface area contributed by atoms with Crippen molar-refractivity contribution in [3.8, 4) is 28.1 Å². The van der Waals surface area contributed by atoms with E-state index in [2.05, 4.69) is 25.3 Å². The third kappa shape index (κ3) is 6.47. The molecule has 0 unspecified atom stereocenters. The smallest absolute Gasteiger partial charge is 0.412 e. The fourth-order valence-corrected chi connectivity index (χ4v) is 5.04. The number of aliphatic hydroxyl groups is 1. The van der Waals surface area contributed by atoms with E-state index in [1.54, 1.807) is 38.2 Å². The van der Waals surface area contributed by atoms with Crippen molar-refractivity contribution in [3.05, 3.63) is 60.2 Å². The maximum absolute atomic E-state index is 15.1. The first-order valence-corrected chi connectivity index (χ1v) is 13.8. The Morgan fingerprint density at radius 2 is 1.88 bits per heavy atom. The minimum atomic E-state index is -0.724. The largest absolute Gasteiger partial charge is 0.484 e. The monoisotopic (exact) mass is 593 g/mol. The number of carbonyl (C=O) groups excluding carboxylic acids is 1. The highest BCUT2D eigenvalue weighted by Crippen LogP contribution is 2.37. The summed E-state index contributed by atoms with van der Waals surface area (Å²) in [6.45, 7) is 5.27. The van der Waals surface area contributed by atoms with Gasteiger partial charge >= 0.3 is 6.09 Å². The van der Waals surface area contributed by atoms with Crippen molar-refractivity contribution >= 4 is 44.4 Å². The average molecular weight is 594 g/mol. The zero-order chi connectivity index (χ0) is 29.8. The quantitative estimate of drug-likeness (QED) is 0.212. The van der Waals surface area contributed by atoms with Crippen LogP contribution < -0.4 is 19.5 Å². The number of anilines is 1. The van der Waals surface area contributed by atoms with Gasteiger partial charge in [-0.3, -0.25) is 5.32 Å².